The van der Waals surface area contributed by atoms with Gasteiger partial charge in [-0.2, -0.15) is 12.5 Å². The quantitative estimate of drug-likeness (QED) is 0.357. The average Bonchev–Trinajstić information content (AvgIpc) is 2.43. The van der Waals surface area contributed by atoms with Crippen molar-refractivity contribution in [3.8, 4) is 5.75 Å². The van der Waals surface area contributed by atoms with Crippen molar-refractivity contribution in [3.05, 3.63) is 36.8 Å². The third-order valence-corrected chi connectivity index (χ3v) is 2.46. The molecular formula is C16H24F2OU. The summed E-state index contributed by atoms with van der Waals surface area (Å²) >= 11 is 0. The van der Waals surface area contributed by atoms with Crippen LogP contribution in [-0.4, -0.2) is 6.61 Å². The molecule has 0 radical (unpaired) electrons. The molecule has 0 heterocycles. The van der Waals surface area contributed by atoms with Crippen LogP contribution in [-0.2, 0) is 0 Å². The number of hydrogen-bond donors (Lipinski definition) is 0. The molecule has 0 fully saturated rings. The molecular weight excluding hydrogens is 484 g/mol. The molecule has 0 unspecified atom stereocenters. The van der Waals surface area contributed by atoms with Gasteiger partial charge in [-0.25, -0.2) is 4.39 Å². The fraction of sp³-hybridized carbons (Fsp3) is 0.562. The van der Waals surface area contributed by atoms with E-state index in [4.69, 9.17) is 4.74 Å². The number of unbranched alkanes of at least 4 members (excludes halogenated alkanes) is 4. The van der Waals surface area contributed by atoms with Crippen LogP contribution in [0.25, 0.3) is 0 Å². The Kier molecular flexibility index (Phi) is 17.0. The summed E-state index contributed by atoms with van der Waals surface area (Å²) in [5.74, 6) is -1.96. The molecule has 112 valence electrons. The zero-order valence-electron chi connectivity index (χ0n) is 12.5. The standard InChI is InChI=1S/C12H15F2O.C4H9.U/c1-2-3-4-5-9-15-11-8-6-7-10(13)12(11)14;1-3-4-2;/h6,8H,2-5,9H2,1H3;1,3-4H2,2H3;/q2*-1;+2. The van der Waals surface area contributed by atoms with Crippen molar-refractivity contribution < 1.29 is 44.6 Å². The van der Waals surface area contributed by atoms with E-state index in [1.54, 1.807) is 0 Å². The van der Waals surface area contributed by atoms with Gasteiger partial charge in [0.15, 0.2) is 0 Å². The minimum absolute atomic E-state index is 0. The van der Waals surface area contributed by atoms with Gasteiger partial charge in [-0.3, -0.25) is 4.39 Å². The topological polar surface area (TPSA) is 9.23 Å². The molecule has 0 bridgehead atoms. The molecule has 0 N–H and O–H groups in total. The van der Waals surface area contributed by atoms with Gasteiger partial charge < -0.3 is 11.7 Å². The molecule has 20 heavy (non-hydrogen) atoms. The van der Waals surface area contributed by atoms with Gasteiger partial charge in [-0.15, -0.1) is 12.1 Å². The summed E-state index contributed by atoms with van der Waals surface area (Å²) in [5, 5.41) is 0. The monoisotopic (exact) mass is 508 g/mol. The fourth-order valence-electron chi connectivity index (χ4n) is 1.26. The molecule has 0 aromatic heterocycles. The Bertz CT molecular complexity index is 330. The van der Waals surface area contributed by atoms with Crippen molar-refractivity contribution in [1.29, 1.82) is 0 Å². The van der Waals surface area contributed by atoms with Gasteiger partial charge in [0.1, 0.15) is 0 Å². The summed E-state index contributed by atoms with van der Waals surface area (Å²) in [6, 6.07) is 4.84. The maximum atomic E-state index is 13.0. The first-order chi connectivity index (χ1) is 9.17. The first kappa shape index (κ1) is 22.2. The van der Waals surface area contributed by atoms with Crippen molar-refractivity contribution in [2.45, 2.75) is 52.4 Å². The zero-order valence-corrected chi connectivity index (χ0v) is 16.6. The van der Waals surface area contributed by atoms with Crippen LogP contribution in [0.1, 0.15) is 52.4 Å². The predicted octanol–water partition coefficient (Wildman–Crippen LogP) is 5.34. The van der Waals surface area contributed by atoms with Crippen LogP contribution in [0.3, 0.4) is 0 Å². The van der Waals surface area contributed by atoms with Gasteiger partial charge in [0.05, 0.1) is 12.4 Å². The molecule has 1 rings (SSSR count). The Hall–Kier alpha value is -0.0681. The fourth-order valence-corrected chi connectivity index (χ4v) is 1.26. The zero-order chi connectivity index (χ0) is 14.5. The molecule has 0 saturated heterocycles. The number of rotatable bonds is 7. The van der Waals surface area contributed by atoms with Crippen molar-refractivity contribution in [2.75, 3.05) is 6.61 Å². The second-order valence-electron chi connectivity index (χ2n) is 4.23. The molecule has 0 aliphatic carbocycles. The maximum Gasteiger partial charge on any atom is 2.00 e. The van der Waals surface area contributed by atoms with Gasteiger partial charge in [-0.1, -0.05) is 39.5 Å². The SMILES string of the molecule is CCCCCCOc1cc[c-]c(F)c1F.[CH2-]CCC.[U+2]. The maximum absolute atomic E-state index is 13.0. The Morgan fingerprint density at radius 1 is 1.15 bits per heavy atom. The van der Waals surface area contributed by atoms with Crippen molar-refractivity contribution in [1.82, 2.24) is 0 Å². The largest absolute Gasteiger partial charge is 2.00 e. The second kappa shape index (κ2) is 15.3. The summed E-state index contributed by atoms with van der Waals surface area (Å²) < 4.78 is 30.9. The van der Waals surface area contributed by atoms with E-state index in [1.807, 2.05) is 0 Å². The number of hydrogen-bond acceptors (Lipinski definition) is 1. The number of halogens is 2. The third-order valence-electron chi connectivity index (χ3n) is 2.46. The van der Waals surface area contributed by atoms with E-state index in [2.05, 4.69) is 26.8 Å². The number of ether oxygens (including phenoxy) is 1. The minimum Gasteiger partial charge on any atom is -0.516 e. The number of benzene rings is 1. The molecule has 0 saturated carbocycles. The van der Waals surface area contributed by atoms with Gasteiger partial charge in [0, 0.05) is 11.6 Å². The average molecular weight is 508 g/mol. The molecule has 1 nitrogen and oxygen atoms in total. The molecule has 0 amide bonds. The summed E-state index contributed by atoms with van der Waals surface area (Å²) in [4.78, 5) is 0. The normalized spacial score (nSPS) is 9.25. The minimum atomic E-state index is -0.985. The molecule has 0 aliphatic rings. The van der Waals surface area contributed by atoms with E-state index in [0.29, 0.717) is 6.61 Å². The smallest absolute Gasteiger partial charge is 0.516 e. The second-order valence-corrected chi connectivity index (χ2v) is 4.23. The van der Waals surface area contributed by atoms with Gasteiger partial charge in [-0.05, 0) is 6.42 Å². The van der Waals surface area contributed by atoms with Crippen LogP contribution in [0.5, 0.6) is 5.75 Å². The molecule has 1 aromatic rings. The Labute approximate surface area is 145 Å². The van der Waals surface area contributed by atoms with Crippen LogP contribution in [0, 0.1) is 55.7 Å². The van der Waals surface area contributed by atoms with Gasteiger partial charge in [0.25, 0.3) is 0 Å². The van der Waals surface area contributed by atoms with Crippen LogP contribution in [0.4, 0.5) is 8.78 Å². The summed E-state index contributed by atoms with van der Waals surface area (Å²) in [7, 11) is 0. The van der Waals surface area contributed by atoms with E-state index in [1.165, 1.54) is 18.6 Å². The summed E-state index contributed by atoms with van der Waals surface area (Å²) in [5.41, 5.74) is 0. The first-order valence-electron chi connectivity index (χ1n) is 6.95. The summed E-state index contributed by atoms with van der Waals surface area (Å²) in [6.07, 6.45) is 6.49. The predicted molar refractivity (Wildman–Crippen MR) is 75.1 cm³/mol. The molecule has 4 heteroatoms. The molecule has 1 aromatic carbocycles. The van der Waals surface area contributed by atoms with E-state index < -0.39 is 11.6 Å². The van der Waals surface area contributed by atoms with Crippen LogP contribution >= 0.6 is 0 Å². The van der Waals surface area contributed by atoms with E-state index >= 15 is 0 Å². The van der Waals surface area contributed by atoms with Crippen LogP contribution in [0.15, 0.2) is 12.1 Å². The Morgan fingerprint density at radius 2 is 1.80 bits per heavy atom. The first-order valence-corrected chi connectivity index (χ1v) is 6.95. The Balaban J connectivity index is 0. The van der Waals surface area contributed by atoms with Crippen LogP contribution < -0.4 is 4.74 Å². The van der Waals surface area contributed by atoms with Crippen molar-refractivity contribution >= 4 is 0 Å². The van der Waals surface area contributed by atoms with Gasteiger partial charge in [0.2, 0.25) is 0 Å². The van der Waals surface area contributed by atoms with Crippen molar-refractivity contribution in [3.63, 3.8) is 0 Å². The molecule has 0 atom stereocenters. The molecule has 0 aliphatic heterocycles. The van der Waals surface area contributed by atoms with E-state index in [0.717, 1.165) is 32.1 Å². The molecule has 0 spiro atoms. The van der Waals surface area contributed by atoms with Crippen LogP contribution in [0.2, 0.25) is 0 Å². The summed E-state index contributed by atoms with van der Waals surface area (Å²) in [6.45, 7) is 8.27. The van der Waals surface area contributed by atoms with Crippen molar-refractivity contribution in [2.24, 2.45) is 0 Å². The van der Waals surface area contributed by atoms with E-state index in [-0.39, 0.29) is 36.9 Å². The Morgan fingerprint density at radius 3 is 2.35 bits per heavy atom. The van der Waals surface area contributed by atoms with Gasteiger partial charge >= 0.3 is 31.1 Å². The van der Waals surface area contributed by atoms with E-state index in [9.17, 15) is 8.78 Å². The third kappa shape index (κ3) is 10.7.